The highest BCUT2D eigenvalue weighted by molar-refractivity contribution is 5.94. The zero-order chi connectivity index (χ0) is 20.1. The maximum Gasteiger partial charge on any atom is 0.270 e. The van der Waals surface area contributed by atoms with Gasteiger partial charge in [0.05, 0.1) is 11.4 Å². The maximum absolute atomic E-state index is 13.0. The smallest absolute Gasteiger partial charge is 0.270 e. The quantitative estimate of drug-likeness (QED) is 0.535. The van der Waals surface area contributed by atoms with Crippen LogP contribution < -0.4 is 5.32 Å². The first-order valence-electron chi connectivity index (χ1n) is 9.61. The fraction of sp³-hybridized carbons (Fsp3) is 0.125. The Morgan fingerprint density at radius 3 is 2.31 bits per heavy atom. The van der Waals surface area contributed by atoms with Crippen molar-refractivity contribution in [2.75, 3.05) is 6.54 Å². The zero-order valence-electron chi connectivity index (χ0n) is 16.2. The van der Waals surface area contributed by atoms with Gasteiger partial charge in [0.25, 0.3) is 5.91 Å². The monoisotopic (exact) mass is 382 g/mol. The van der Waals surface area contributed by atoms with Gasteiger partial charge in [0, 0.05) is 24.5 Å². The molecule has 0 fully saturated rings. The molecule has 29 heavy (non-hydrogen) atoms. The van der Waals surface area contributed by atoms with Crippen molar-refractivity contribution in [3.63, 3.8) is 0 Å². The third-order valence-electron chi connectivity index (χ3n) is 4.86. The van der Waals surface area contributed by atoms with Gasteiger partial charge in [-0.25, -0.2) is 4.68 Å². The van der Waals surface area contributed by atoms with E-state index < -0.39 is 0 Å². The Balaban J connectivity index is 1.61. The molecule has 2 heterocycles. The van der Waals surface area contributed by atoms with Gasteiger partial charge in [-0.3, -0.25) is 9.78 Å². The molecule has 1 unspecified atom stereocenters. The first kappa shape index (κ1) is 18.6. The average Bonchev–Trinajstić information content (AvgIpc) is 3.25. The van der Waals surface area contributed by atoms with E-state index in [1.165, 1.54) is 0 Å². The molecule has 5 nitrogen and oxygen atoms in total. The molecule has 1 amide bonds. The number of aromatic nitrogens is 3. The summed E-state index contributed by atoms with van der Waals surface area (Å²) in [6.07, 6.45) is 3.54. The van der Waals surface area contributed by atoms with Gasteiger partial charge in [0.15, 0.2) is 0 Å². The molecule has 2 aromatic heterocycles. The highest BCUT2D eigenvalue weighted by Crippen LogP contribution is 2.22. The Hall–Kier alpha value is -3.73. The van der Waals surface area contributed by atoms with Gasteiger partial charge in [-0.05, 0) is 41.8 Å². The van der Waals surface area contributed by atoms with E-state index >= 15 is 0 Å². The number of nitrogens with one attached hydrogen (secondary N) is 1. The summed E-state index contributed by atoms with van der Waals surface area (Å²) in [5.41, 5.74) is 4.24. The first-order valence-corrected chi connectivity index (χ1v) is 9.61. The largest absolute Gasteiger partial charge is 0.350 e. The highest BCUT2D eigenvalue weighted by atomic mass is 16.2. The van der Waals surface area contributed by atoms with E-state index in [1.807, 2.05) is 78.9 Å². The van der Waals surface area contributed by atoms with Crippen LogP contribution in [0.1, 0.15) is 28.9 Å². The number of amides is 1. The van der Waals surface area contributed by atoms with E-state index in [0.717, 1.165) is 22.5 Å². The van der Waals surface area contributed by atoms with Crippen LogP contribution in [0.3, 0.4) is 0 Å². The SMILES string of the molecule is CC(CNC(=O)c1cc(-c2ccccc2)nn1-c1ccccc1)c1ccncc1. The second kappa shape index (κ2) is 8.52. The van der Waals surface area contributed by atoms with Crippen molar-refractivity contribution < 1.29 is 4.79 Å². The number of para-hydroxylation sites is 1. The molecule has 0 aliphatic rings. The summed E-state index contributed by atoms with van der Waals surface area (Å²) in [7, 11) is 0. The average molecular weight is 382 g/mol. The fourth-order valence-corrected chi connectivity index (χ4v) is 3.21. The van der Waals surface area contributed by atoms with E-state index in [9.17, 15) is 4.79 Å². The number of nitrogens with zero attached hydrogens (tertiary/aromatic N) is 3. The molecule has 144 valence electrons. The van der Waals surface area contributed by atoms with Crippen LogP contribution in [0.15, 0.2) is 91.3 Å². The van der Waals surface area contributed by atoms with Crippen molar-refractivity contribution in [1.29, 1.82) is 0 Å². The van der Waals surface area contributed by atoms with Gasteiger partial charge in [0.2, 0.25) is 0 Å². The standard InChI is InChI=1S/C24H22N4O/c1-18(19-12-14-25-15-13-19)17-26-24(29)23-16-22(20-8-4-2-5-9-20)27-28(23)21-10-6-3-7-11-21/h2-16,18H,17H2,1H3,(H,26,29). The van der Waals surface area contributed by atoms with Crippen LogP contribution in [0.4, 0.5) is 0 Å². The summed E-state index contributed by atoms with van der Waals surface area (Å²) in [6, 6.07) is 25.4. The number of hydrogen-bond acceptors (Lipinski definition) is 3. The van der Waals surface area contributed by atoms with E-state index in [1.54, 1.807) is 17.1 Å². The zero-order valence-corrected chi connectivity index (χ0v) is 16.2. The highest BCUT2D eigenvalue weighted by Gasteiger charge is 2.18. The van der Waals surface area contributed by atoms with Crippen molar-refractivity contribution in [2.45, 2.75) is 12.8 Å². The third kappa shape index (κ3) is 4.24. The van der Waals surface area contributed by atoms with Gasteiger partial charge in [0.1, 0.15) is 5.69 Å². The summed E-state index contributed by atoms with van der Waals surface area (Å²) in [6.45, 7) is 2.61. The Morgan fingerprint density at radius 1 is 0.966 bits per heavy atom. The van der Waals surface area contributed by atoms with Crippen molar-refractivity contribution in [3.8, 4) is 16.9 Å². The Morgan fingerprint density at radius 2 is 1.62 bits per heavy atom. The molecule has 0 aliphatic heterocycles. The van der Waals surface area contributed by atoms with E-state index in [0.29, 0.717) is 12.2 Å². The van der Waals surface area contributed by atoms with Gasteiger partial charge in [-0.2, -0.15) is 5.10 Å². The minimum atomic E-state index is -0.149. The number of rotatable bonds is 6. The van der Waals surface area contributed by atoms with Crippen molar-refractivity contribution in [1.82, 2.24) is 20.1 Å². The molecule has 2 aromatic carbocycles. The minimum Gasteiger partial charge on any atom is -0.350 e. The van der Waals surface area contributed by atoms with Gasteiger partial charge in [-0.15, -0.1) is 0 Å². The Labute approximate surface area is 170 Å². The van der Waals surface area contributed by atoms with Crippen LogP contribution in [0, 0.1) is 0 Å². The molecule has 1 atom stereocenters. The van der Waals surface area contributed by atoms with Crippen molar-refractivity contribution in [3.05, 3.63) is 103 Å². The lowest BCUT2D eigenvalue weighted by atomic mass is 10.0. The summed E-state index contributed by atoms with van der Waals surface area (Å²) in [5.74, 6) is 0.0353. The fourth-order valence-electron chi connectivity index (χ4n) is 3.21. The summed E-state index contributed by atoms with van der Waals surface area (Å²) in [5, 5.41) is 7.76. The van der Waals surface area contributed by atoms with Crippen LogP contribution >= 0.6 is 0 Å². The van der Waals surface area contributed by atoms with Crippen LogP contribution in [-0.2, 0) is 0 Å². The Kier molecular flexibility index (Phi) is 5.47. The molecular formula is C24H22N4O. The predicted molar refractivity (Wildman–Crippen MR) is 114 cm³/mol. The van der Waals surface area contributed by atoms with Gasteiger partial charge in [-0.1, -0.05) is 55.5 Å². The molecule has 5 heteroatoms. The molecular weight excluding hydrogens is 360 g/mol. The molecule has 0 aliphatic carbocycles. The second-order valence-electron chi connectivity index (χ2n) is 6.92. The number of hydrogen-bond donors (Lipinski definition) is 1. The lowest BCUT2D eigenvalue weighted by molar-refractivity contribution is 0.0944. The number of carbonyl (C=O) groups excluding carboxylic acids is 1. The Bertz CT molecular complexity index is 1080. The molecule has 0 saturated carbocycles. The van der Waals surface area contributed by atoms with Crippen LogP contribution in [-0.4, -0.2) is 27.2 Å². The normalized spacial score (nSPS) is 11.8. The second-order valence-corrected chi connectivity index (χ2v) is 6.92. The molecule has 4 aromatic rings. The first-order chi connectivity index (χ1) is 14.2. The topological polar surface area (TPSA) is 59.8 Å². The van der Waals surface area contributed by atoms with E-state index in [4.69, 9.17) is 5.10 Å². The van der Waals surface area contributed by atoms with Crippen molar-refractivity contribution >= 4 is 5.91 Å². The van der Waals surface area contributed by atoms with Crippen LogP contribution in [0.25, 0.3) is 16.9 Å². The number of benzene rings is 2. The summed E-state index contributed by atoms with van der Waals surface area (Å²) in [4.78, 5) is 17.1. The summed E-state index contributed by atoms with van der Waals surface area (Å²) < 4.78 is 1.70. The number of carbonyl (C=O) groups is 1. The molecule has 0 bridgehead atoms. The van der Waals surface area contributed by atoms with E-state index in [2.05, 4.69) is 17.2 Å². The van der Waals surface area contributed by atoms with Crippen LogP contribution in [0.5, 0.6) is 0 Å². The van der Waals surface area contributed by atoms with Crippen LogP contribution in [0.2, 0.25) is 0 Å². The maximum atomic E-state index is 13.0. The predicted octanol–water partition coefficient (Wildman–Crippen LogP) is 4.47. The molecule has 4 rings (SSSR count). The molecule has 0 saturated heterocycles. The molecule has 0 spiro atoms. The van der Waals surface area contributed by atoms with E-state index in [-0.39, 0.29) is 11.8 Å². The van der Waals surface area contributed by atoms with Gasteiger partial charge < -0.3 is 5.32 Å². The number of pyridine rings is 1. The molecule has 1 N–H and O–H groups in total. The lowest BCUT2D eigenvalue weighted by Crippen LogP contribution is -2.29. The summed E-state index contributed by atoms with van der Waals surface area (Å²) >= 11 is 0. The third-order valence-corrected chi connectivity index (χ3v) is 4.86. The minimum absolute atomic E-state index is 0.149. The van der Waals surface area contributed by atoms with Gasteiger partial charge >= 0.3 is 0 Å². The lowest BCUT2D eigenvalue weighted by Gasteiger charge is -2.13. The van der Waals surface area contributed by atoms with Crippen molar-refractivity contribution in [2.24, 2.45) is 0 Å². The molecule has 0 radical (unpaired) electrons.